The Hall–Kier alpha value is -1.43. The van der Waals surface area contributed by atoms with Crippen molar-refractivity contribution in [3.05, 3.63) is 29.8 Å². The molecule has 1 aromatic rings. The number of anilines is 1. The lowest BCUT2D eigenvalue weighted by Gasteiger charge is -2.44. The van der Waals surface area contributed by atoms with Gasteiger partial charge in [-0.25, -0.2) is 0 Å². The maximum absolute atomic E-state index is 11.9. The van der Waals surface area contributed by atoms with E-state index in [1.165, 1.54) is 5.56 Å². The second-order valence-corrected chi connectivity index (χ2v) is 7.56. The molecular weight excluding hydrogens is 316 g/mol. The Labute approximate surface area is 149 Å². The van der Waals surface area contributed by atoms with Crippen LogP contribution in [0.3, 0.4) is 0 Å². The molecular formula is C20H28N2O3. The van der Waals surface area contributed by atoms with E-state index in [1.807, 2.05) is 12.0 Å². The van der Waals surface area contributed by atoms with Crippen LogP contribution in [0.5, 0.6) is 0 Å². The summed E-state index contributed by atoms with van der Waals surface area (Å²) in [6.07, 6.45) is 5.12. The zero-order valence-corrected chi connectivity index (χ0v) is 15.1. The number of hydrogen-bond acceptors (Lipinski definition) is 4. The summed E-state index contributed by atoms with van der Waals surface area (Å²) >= 11 is 0. The van der Waals surface area contributed by atoms with Gasteiger partial charge in [0, 0.05) is 52.0 Å². The van der Waals surface area contributed by atoms with Crippen LogP contribution >= 0.6 is 0 Å². The Morgan fingerprint density at radius 1 is 1.24 bits per heavy atom. The van der Waals surface area contributed by atoms with E-state index < -0.39 is 0 Å². The molecule has 0 N–H and O–H groups in total. The number of ether oxygens (including phenoxy) is 2. The smallest absolute Gasteiger partial charge is 0.227 e. The average Bonchev–Trinajstić information content (AvgIpc) is 3.26. The summed E-state index contributed by atoms with van der Waals surface area (Å²) in [6, 6.07) is 8.49. The molecule has 0 unspecified atom stereocenters. The number of benzene rings is 1. The summed E-state index contributed by atoms with van der Waals surface area (Å²) in [5.74, 6) is 0.245. The molecule has 0 aliphatic carbocycles. The first-order chi connectivity index (χ1) is 12.2. The molecule has 4 rings (SSSR count). The Morgan fingerprint density at radius 3 is 2.72 bits per heavy atom. The number of rotatable bonds is 4. The summed E-state index contributed by atoms with van der Waals surface area (Å²) in [7, 11) is 1.81. The Bertz CT molecular complexity index is 610. The van der Waals surface area contributed by atoms with Gasteiger partial charge in [-0.05, 0) is 43.4 Å². The Balaban J connectivity index is 1.41. The molecule has 5 heteroatoms. The first kappa shape index (κ1) is 17.0. The predicted molar refractivity (Wildman–Crippen MR) is 96.6 cm³/mol. The highest BCUT2D eigenvalue weighted by Gasteiger charge is 2.47. The van der Waals surface area contributed by atoms with Crippen molar-refractivity contribution in [2.24, 2.45) is 0 Å². The van der Waals surface area contributed by atoms with E-state index in [1.54, 1.807) is 0 Å². The second-order valence-electron chi connectivity index (χ2n) is 7.56. The Morgan fingerprint density at radius 2 is 2.08 bits per heavy atom. The first-order valence-electron chi connectivity index (χ1n) is 9.49. The molecule has 0 saturated carbocycles. The monoisotopic (exact) mass is 344 g/mol. The van der Waals surface area contributed by atoms with E-state index in [2.05, 4.69) is 29.2 Å². The van der Waals surface area contributed by atoms with Gasteiger partial charge in [-0.1, -0.05) is 12.1 Å². The van der Waals surface area contributed by atoms with Gasteiger partial charge in [0.05, 0.1) is 6.10 Å². The first-order valence-corrected chi connectivity index (χ1v) is 9.49. The van der Waals surface area contributed by atoms with Gasteiger partial charge in [0.25, 0.3) is 0 Å². The number of carbonyl (C=O) groups is 1. The van der Waals surface area contributed by atoms with Crippen molar-refractivity contribution in [3.63, 3.8) is 0 Å². The van der Waals surface area contributed by atoms with Crippen LogP contribution in [0.25, 0.3) is 0 Å². The minimum atomic E-state index is -0.116. The molecule has 25 heavy (non-hydrogen) atoms. The number of carbonyl (C=O) groups excluding carboxylic acids is 1. The molecule has 1 spiro atoms. The third-order valence-electron chi connectivity index (χ3n) is 5.93. The van der Waals surface area contributed by atoms with Gasteiger partial charge >= 0.3 is 0 Å². The number of hydrogen-bond donors (Lipinski definition) is 0. The fourth-order valence-corrected chi connectivity index (χ4v) is 4.65. The molecule has 0 bridgehead atoms. The molecule has 3 saturated heterocycles. The average molecular weight is 344 g/mol. The summed E-state index contributed by atoms with van der Waals surface area (Å²) in [6.45, 7) is 4.61. The van der Waals surface area contributed by atoms with Gasteiger partial charge in [-0.2, -0.15) is 0 Å². The Kier molecular flexibility index (Phi) is 4.80. The summed E-state index contributed by atoms with van der Waals surface area (Å²) in [5, 5.41) is 0. The fraction of sp³-hybridized carbons (Fsp3) is 0.650. The standard InChI is InChI=1S/C20H28N2O3/c1-24-18-9-12-21(15-20(18)10-3-13-25-20)14-16-5-7-17(8-6-16)22-11-2-4-19(22)23/h5-8,18H,2-4,9-15H2,1H3/t18-,20-/m0/s1. The summed E-state index contributed by atoms with van der Waals surface area (Å²) < 4.78 is 11.9. The number of methoxy groups -OCH3 is 1. The van der Waals surface area contributed by atoms with Crippen molar-refractivity contribution in [2.75, 3.05) is 38.3 Å². The quantitative estimate of drug-likeness (QED) is 0.842. The maximum Gasteiger partial charge on any atom is 0.227 e. The van der Waals surface area contributed by atoms with Crippen molar-refractivity contribution in [2.45, 2.75) is 50.4 Å². The number of nitrogens with zero attached hydrogens (tertiary/aromatic N) is 2. The molecule has 5 nitrogen and oxygen atoms in total. The lowest BCUT2D eigenvalue weighted by molar-refractivity contribution is -0.145. The number of likely N-dealkylation sites (tertiary alicyclic amines) is 1. The second kappa shape index (κ2) is 7.06. The van der Waals surface area contributed by atoms with Crippen LogP contribution in [-0.4, -0.2) is 55.9 Å². The van der Waals surface area contributed by atoms with Crippen LogP contribution in [0.4, 0.5) is 5.69 Å². The van der Waals surface area contributed by atoms with E-state index >= 15 is 0 Å². The predicted octanol–water partition coefficient (Wildman–Crippen LogP) is 2.58. The molecule has 3 aliphatic heterocycles. The van der Waals surface area contributed by atoms with E-state index in [-0.39, 0.29) is 17.6 Å². The highest BCUT2D eigenvalue weighted by atomic mass is 16.5. The van der Waals surface area contributed by atoms with Gasteiger partial charge in [-0.15, -0.1) is 0 Å². The van der Waals surface area contributed by atoms with Gasteiger partial charge in [0.15, 0.2) is 0 Å². The molecule has 3 heterocycles. The third kappa shape index (κ3) is 3.33. The highest BCUT2D eigenvalue weighted by Crippen LogP contribution is 2.36. The zero-order valence-electron chi connectivity index (χ0n) is 15.1. The highest BCUT2D eigenvalue weighted by molar-refractivity contribution is 5.95. The van der Waals surface area contributed by atoms with Crippen molar-refractivity contribution in [1.82, 2.24) is 4.90 Å². The number of piperidine rings is 1. The molecule has 0 radical (unpaired) electrons. The van der Waals surface area contributed by atoms with Crippen LogP contribution in [0.15, 0.2) is 24.3 Å². The van der Waals surface area contributed by atoms with Crippen LogP contribution in [0.1, 0.15) is 37.7 Å². The van der Waals surface area contributed by atoms with E-state index in [0.717, 1.165) is 64.2 Å². The van der Waals surface area contributed by atoms with Crippen LogP contribution in [0, 0.1) is 0 Å². The van der Waals surface area contributed by atoms with Crippen LogP contribution in [0.2, 0.25) is 0 Å². The van der Waals surface area contributed by atoms with Crippen LogP contribution in [-0.2, 0) is 20.8 Å². The summed E-state index contributed by atoms with van der Waals surface area (Å²) in [5.41, 5.74) is 2.20. The lowest BCUT2D eigenvalue weighted by atomic mass is 9.86. The molecule has 1 aromatic carbocycles. The van der Waals surface area contributed by atoms with Gasteiger partial charge in [0.1, 0.15) is 5.60 Å². The topological polar surface area (TPSA) is 42.0 Å². The van der Waals surface area contributed by atoms with Gasteiger partial charge < -0.3 is 14.4 Å². The van der Waals surface area contributed by atoms with Crippen molar-refractivity contribution >= 4 is 11.6 Å². The largest absolute Gasteiger partial charge is 0.378 e. The normalized spacial score (nSPS) is 30.5. The molecule has 2 atom stereocenters. The fourth-order valence-electron chi connectivity index (χ4n) is 4.65. The molecule has 3 fully saturated rings. The van der Waals surface area contributed by atoms with Crippen molar-refractivity contribution < 1.29 is 14.3 Å². The van der Waals surface area contributed by atoms with Crippen molar-refractivity contribution in [3.8, 4) is 0 Å². The van der Waals surface area contributed by atoms with Crippen LogP contribution < -0.4 is 4.90 Å². The molecule has 136 valence electrons. The molecule has 1 amide bonds. The summed E-state index contributed by atoms with van der Waals surface area (Å²) in [4.78, 5) is 16.3. The van der Waals surface area contributed by atoms with Gasteiger partial charge in [-0.3, -0.25) is 9.69 Å². The van der Waals surface area contributed by atoms with E-state index in [4.69, 9.17) is 9.47 Å². The lowest BCUT2D eigenvalue weighted by Crippen LogP contribution is -2.56. The SMILES string of the molecule is CO[C@H]1CCN(Cc2ccc(N3CCCC3=O)cc2)C[C@@]12CCCO2. The maximum atomic E-state index is 11.9. The molecule has 0 aromatic heterocycles. The van der Waals surface area contributed by atoms with Crippen molar-refractivity contribution in [1.29, 1.82) is 0 Å². The number of amides is 1. The minimum absolute atomic E-state index is 0.116. The third-order valence-corrected chi connectivity index (χ3v) is 5.93. The van der Waals surface area contributed by atoms with E-state index in [0.29, 0.717) is 6.42 Å². The zero-order chi connectivity index (χ0) is 17.3. The van der Waals surface area contributed by atoms with Gasteiger partial charge in [0.2, 0.25) is 5.91 Å². The van der Waals surface area contributed by atoms with E-state index in [9.17, 15) is 4.79 Å². The minimum Gasteiger partial charge on any atom is -0.378 e. The molecule has 3 aliphatic rings.